The van der Waals surface area contributed by atoms with Gasteiger partial charge in [-0.3, -0.25) is 4.79 Å². The third-order valence-electron chi connectivity index (χ3n) is 4.31. The summed E-state index contributed by atoms with van der Waals surface area (Å²) in [6.45, 7) is 2.25. The number of nitrogens with zero attached hydrogens (tertiary/aromatic N) is 1. The van der Waals surface area contributed by atoms with E-state index in [1.54, 1.807) is 0 Å². The van der Waals surface area contributed by atoms with Crippen LogP contribution in [0.1, 0.15) is 35.2 Å². The van der Waals surface area contributed by atoms with Gasteiger partial charge in [0.05, 0.1) is 12.2 Å². The number of ether oxygens (including phenoxy) is 1. The predicted molar refractivity (Wildman–Crippen MR) is 99.5 cm³/mol. The molecule has 0 bridgehead atoms. The van der Waals surface area contributed by atoms with Gasteiger partial charge in [-0.15, -0.1) is 0 Å². The monoisotopic (exact) mass is 387 g/mol. The van der Waals surface area contributed by atoms with Crippen molar-refractivity contribution in [3.8, 4) is 5.75 Å². The molecule has 0 saturated carbocycles. The summed E-state index contributed by atoms with van der Waals surface area (Å²) in [6.07, 6.45) is 4.21. The number of hydrogen-bond acceptors (Lipinski definition) is 2. The van der Waals surface area contributed by atoms with Gasteiger partial charge in [0.25, 0.3) is 5.91 Å². The lowest BCUT2D eigenvalue weighted by Gasteiger charge is -2.27. The first-order valence-corrected chi connectivity index (χ1v) is 9.29. The van der Waals surface area contributed by atoms with Gasteiger partial charge in [-0.2, -0.15) is 0 Å². The fraction of sp³-hybridized carbons (Fsp3) is 0.350. The molecule has 3 rings (SSSR count). The van der Waals surface area contributed by atoms with Gasteiger partial charge in [0.15, 0.2) is 0 Å². The van der Waals surface area contributed by atoms with Crippen LogP contribution in [-0.2, 0) is 6.42 Å². The summed E-state index contributed by atoms with van der Waals surface area (Å²) < 4.78 is 6.84. The highest BCUT2D eigenvalue weighted by Crippen LogP contribution is 2.26. The lowest BCUT2D eigenvalue weighted by atomic mass is 10.1. The van der Waals surface area contributed by atoms with Gasteiger partial charge >= 0.3 is 0 Å². The predicted octanol–water partition coefficient (Wildman–Crippen LogP) is 4.70. The van der Waals surface area contributed by atoms with Crippen molar-refractivity contribution in [2.75, 3.05) is 19.7 Å². The Bertz CT molecular complexity index is 681. The molecule has 0 N–H and O–H groups in total. The fourth-order valence-electron chi connectivity index (χ4n) is 2.99. The smallest absolute Gasteiger partial charge is 0.257 e. The molecule has 0 unspecified atom stereocenters. The first-order valence-electron chi connectivity index (χ1n) is 8.49. The van der Waals surface area contributed by atoms with Gasteiger partial charge in [-0.25, -0.2) is 0 Å². The van der Waals surface area contributed by atoms with Crippen molar-refractivity contribution in [3.63, 3.8) is 0 Å². The summed E-state index contributed by atoms with van der Waals surface area (Å²) in [5.74, 6) is 0.746. The number of rotatable bonds is 5. The van der Waals surface area contributed by atoms with Crippen molar-refractivity contribution in [1.82, 2.24) is 4.90 Å². The number of carbonyl (C=O) groups is 1. The van der Waals surface area contributed by atoms with E-state index in [4.69, 9.17) is 4.74 Å². The van der Waals surface area contributed by atoms with Crippen molar-refractivity contribution in [2.24, 2.45) is 0 Å². The molecule has 1 aliphatic rings. The van der Waals surface area contributed by atoms with Crippen LogP contribution >= 0.6 is 15.9 Å². The van der Waals surface area contributed by atoms with Crippen LogP contribution in [0.15, 0.2) is 53.0 Å². The third kappa shape index (κ3) is 4.38. The van der Waals surface area contributed by atoms with Gasteiger partial charge in [0.2, 0.25) is 0 Å². The average Bonchev–Trinajstić information content (AvgIpc) is 2.64. The highest BCUT2D eigenvalue weighted by molar-refractivity contribution is 9.10. The Kier molecular flexibility index (Phi) is 5.91. The number of carbonyl (C=O) groups excluding carboxylic acids is 1. The molecule has 4 heteroatoms. The second-order valence-corrected chi connectivity index (χ2v) is 6.99. The highest BCUT2D eigenvalue weighted by Gasteiger charge is 2.21. The van der Waals surface area contributed by atoms with Crippen LogP contribution in [0, 0.1) is 0 Å². The Morgan fingerprint density at radius 1 is 1.04 bits per heavy atom. The standard InChI is InChI=1S/C20H22BrNO2/c21-17-9-10-19(24-14-11-16-7-3-1-4-8-16)18(15-17)20(23)22-12-5-2-6-13-22/h1,3-4,7-10,15H,2,5-6,11-14H2. The molecule has 2 aromatic rings. The van der Waals surface area contributed by atoms with Gasteiger partial charge in [0, 0.05) is 24.0 Å². The zero-order valence-electron chi connectivity index (χ0n) is 13.7. The van der Waals surface area contributed by atoms with Crippen LogP contribution in [0.3, 0.4) is 0 Å². The van der Waals surface area contributed by atoms with E-state index in [-0.39, 0.29) is 5.91 Å². The van der Waals surface area contributed by atoms with Gasteiger partial charge in [-0.1, -0.05) is 46.3 Å². The summed E-state index contributed by atoms with van der Waals surface area (Å²) in [6, 6.07) is 15.9. The van der Waals surface area contributed by atoms with Crippen molar-refractivity contribution >= 4 is 21.8 Å². The van der Waals surface area contributed by atoms with E-state index >= 15 is 0 Å². The van der Waals surface area contributed by atoms with E-state index in [9.17, 15) is 4.79 Å². The van der Waals surface area contributed by atoms with Gasteiger partial charge < -0.3 is 9.64 Å². The lowest BCUT2D eigenvalue weighted by Crippen LogP contribution is -2.35. The Labute approximate surface area is 151 Å². The van der Waals surface area contributed by atoms with Crippen molar-refractivity contribution in [1.29, 1.82) is 0 Å². The Morgan fingerprint density at radius 3 is 2.54 bits per heavy atom. The molecule has 1 fully saturated rings. The number of likely N-dealkylation sites (tertiary alicyclic amines) is 1. The minimum absolute atomic E-state index is 0.0747. The summed E-state index contributed by atoms with van der Waals surface area (Å²) in [7, 11) is 0. The number of hydrogen-bond donors (Lipinski definition) is 0. The normalized spacial score (nSPS) is 14.5. The van der Waals surface area contributed by atoms with E-state index in [2.05, 4.69) is 28.1 Å². The molecule has 0 radical (unpaired) electrons. The Hall–Kier alpha value is -1.81. The molecule has 0 atom stereocenters. The molecule has 1 aliphatic heterocycles. The molecule has 2 aromatic carbocycles. The van der Waals surface area contributed by atoms with Crippen molar-refractivity contribution < 1.29 is 9.53 Å². The largest absolute Gasteiger partial charge is 0.492 e. The van der Waals surface area contributed by atoms with E-state index in [1.165, 1.54) is 12.0 Å². The maximum atomic E-state index is 12.8. The van der Waals surface area contributed by atoms with Crippen LogP contribution < -0.4 is 4.74 Å². The van der Waals surface area contributed by atoms with Crippen LogP contribution in [0.25, 0.3) is 0 Å². The maximum Gasteiger partial charge on any atom is 0.257 e. The van der Waals surface area contributed by atoms with Crippen LogP contribution in [0.5, 0.6) is 5.75 Å². The van der Waals surface area contributed by atoms with E-state index in [1.807, 2.05) is 41.3 Å². The van der Waals surface area contributed by atoms with Crippen LogP contribution in [0.2, 0.25) is 0 Å². The number of amides is 1. The van der Waals surface area contributed by atoms with E-state index in [0.717, 1.165) is 36.8 Å². The first-order chi connectivity index (χ1) is 11.7. The second kappa shape index (κ2) is 8.34. The zero-order chi connectivity index (χ0) is 16.8. The molecular weight excluding hydrogens is 366 g/mol. The first kappa shape index (κ1) is 17.0. The fourth-order valence-corrected chi connectivity index (χ4v) is 3.35. The Balaban J connectivity index is 1.69. The average molecular weight is 388 g/mol. The molecule has 1 amide bonds. The highest BCUT2D eigenvalue weighted by atomic mass is 79.9. The zero-order valence-corrected chi connectivity index (χ0v) is 15.3. The molecule has 3 nitrogen and oxygen atoms in total. The van der Waals surface area contributed by atoms with E-state index in [0.29, 0.717) is 17.9 Å². The minimum atomic E-state index is 0.0747. The van der Waals surface area contributed by atoms with Crippen molar-refractivity contribution in [2.45, 2.75) is 25.7 Å². The summed E-state index contributed by atoms with van der Waals surface area (Å²) in [4.78, 5) is 14.8. The summed E-state index contributed by atoms with van der Waals surface area (Å²) in [5, 5.41) is 0. The SMILES string of the molecule is O=C(c1cc(Br)ccc1OCCc1ccccc1)N1CCCCC1. The molecule has 0 aliphatic carbocycles. The topological polar surface area (TPSA) is 29.5 Å². The lowest BCUT2D eigenvalue weighted by molar-refractivity contribution is 0.0720. The molecule has 126 valence electrons. The van der Waals surface area contributed by atoms with Gasteiger partial charge in [0.1, 0.15) is 5.75 Å². The third-order valence-corrected chi connectivity index (χ3v) is 4.80. The van der Waals surface area contributed by atoms with Crippen LogP contribution in [0.4, 0.5) is 0 Å². The molecule has 1 heterocycles. The van der Waals surface area contributed by atoms with E-state index < -0.39 is 0 Å². The molecular formula is C20H22BrNO2. The summed E-state index contributed by atoms with van der Waals surface area (Å²) in [5.41, 5.74) is 1.89. The quantitative estimate of drug-likeness (QED) is 0.743. The van der Waals surface area contributed by atoms with Crippen molar-refractivity contribution in [3.05, 3.63) is 64.1 Å². The maximum absolute atomic E-state index is 12.8. The molecule has 1 saturated heterocycles. The number of halogens is 1. The number of piperidine rings is 1. The van der Waals surface area contributed by atoms with Crippen LogP contribution in [-0.4, -0.2) is 30.5 Å². The second-order valence-electron chi connectivity index (χ2n) is 6.08. The molecule has 24 heavy (non-hydrogen) atoms. The van der Waals surface area contributed by atoms with Gasteiger partial charge in [-0.05, 0) is 43.0 Å². The summed E-state index contributed by atoms with van der Waals surface area (Å²) >= 11 is 3.47. The Morgan fingerprint density at radius 2 is 1.79 bits per heavy atom. The molecule has 0 spiro atoms. The minimum Gasteiger partial charge on any atom is -0.492 e. The number of benzene rings is 2. The molecule has 0 aromatic heterocycles.